The SMILES string of the molecule is COc1cc(CC(Br)c2ccc(Br)o2)ncn1. The Bertz CT molecular complexity index is 502. The lowest BCUT2D eigenvalue weighted by Gasteiger charge is -2.06. The molecule has 0 amide bonds. The summed E-state index contributed by atoms with van der Waals surface area (Å²) in [7, 11) is 1.58. The van der Waals surface area contributed by atoms with E-state index in [0.29, 0.717) is 12.3 Å². The Morgan fingerprint density at radius 2 is 2.24 bits per heavy atom. The molecule has 6 heteroatoms. The smallest absolute Gasteiger partial charge is 0.216 e. The Kier molecular flexibility index (Phi) is 4.17. The number of hydrogen-bond donors (Lipinski definition) is 0. The summed E-state index contributed by atoms with van der Waals surface area (Å²) in [6, 6.07) is 5.60. The van der Waals surface area contributed by atoms with E-state index in [4.69, 9.17) is 9.15 Å². The van der Waals surface area contributed by atoms with Gasteiger partial charge in [-0.05, 0) is 28.1 Å². The van der Waals surface area contributed by atoms with E-state index >= 15 is 0 Å². The first kappa shape index (κ1) is 12.6. The van der Waals surface area contributed by atoms with E-state index in [1.54, 1.807) is 7.11 Å². The molecule has 0 spiro atoms. The molecule has 4 nitrogen and oxygen atoms in total. The first-order valence-corrected chi connectivity index (χ1v) is 6.64. The number of rotatable bonds is 4. The zero-order valence-corrected chi connectivity index (χ0v) is 12.2. The van der Waals surface area contributed by atoms with E-state index in [-0.39, 0.29) is 4.83 Å². The van der Waals surface area contributed by atoms with Gasteiger partial charge in [-0.25, -0.2) is 9.97 Å². The second kappa shape index (κ2) is 5.64. The summed E-state index contributed by atoms with van der Waals surface area (Å²) in [6.07, 6.45) is 2.20. The molecule has 0 saturated carbocycles. The molecule has 2 rings (SSSR count). The number of methoxy groups -OCH3 is 1. The number of ether oxygens (including phenoxy) is 1. The van der Waals surface area contributed by atoms with Crippen molar-refractivity contribution in [2.24, 2.45) is 0 Å². The van der Waals surface area contributed by atoms with Crippen molar-refractivity contribution in [2.45, 2.75) is 11.2 Å². The van der Waals surface area contributed by atoms with Crippen molar-refractivity contribution in [1.29, 1.82) is 0 Å². The molecule has 0 aliphatic heterocycles. The van der Waals surface area contributed by atoms with Crippen molar-refractivity contribution >= 4 is 31.9 Å². The first-order chi connectivity index (χ1) is 8.19. The van der Waals surface area contributed by atoms with Gasteiger partial charge in [-0.15, -0.1) is 0 Å². The minimum absolute atomic E-state index is 0.0772. The molecule has 1 unspecified atom stereocenters. The number of nitrogens with zero attached hydrogens (tertiary/aromatic N) is 2. The van der Waals surface area contributed by atoms with E-state index in [0.717, 1.165) is 16.1 Å². The fraction of sp³-hybridized carbons (Fsp3) is 0.273. The predicted molar refractivity (Wildman–Crippen MR) is 70.4 cm³/mol. The minimum Gasteiger partial charge on any atom is -0.481 e. The van der Waals surface area contributed by atoms with E-state index in [1.165, 1.54) is 6.33 Å². The second-order valence-corrected chi connectivity index (χ2v) is 5.25. The van der Waals surface area contributed by atoms with Crippen molar-refractivity contribution in [3.8, 4) is 5.88 Å². The summed E-state index contributed by atoms with van der Waals surface area (Å²) < 4.78 is 11.2. The van der Waals surface area contributed by atoms with Crippen LogP contribution in [0.5, 0.6) is 5.88 Å². The molecule has 0 radical (unpaired) electrons. The fourth-order valence-corrected chi connectivity index (χ4v) is 2.28. The fourth-order valence-electron chi connectivity index (χ4n) is 1.38. The first-order valence-electron chi connectivity index (χ1n) is 4.93. The number of alkyl halides is 1. The van der Waals surface area contributed by atoms with Gasteiger partial charge in [0.15, 0.2) is 4.67 Å². The molecule has 0 N–H and O–H groups in total. The maximum Gasteiger partial charge on any atom is 0.216 e. The maximum atomic E-state index is 5.47. The van der Waals surface area contributed by atoms with Gasteiger partial charge in [0.05, 0.1) is 11.9 Å². The molecule has 90 valence electrons. The maximum absolute atomic E-state index is 5.47. The molecule has 1 atom stereocenters. The van der Waals surface area contributed by atoms with Crippen LogP contribution in [0.4, 0.5) is 0 Å². The van der Waals surface area contributed by atoms with Crippen LogP contribution in [0.1, 0.15) is 16.3 Å². The highest BCUT2D eigenvalue weighted by Crippen LogP contribution is 2.29. The molecule has 0 fully saturated rings. The van der Waals surface area contributed by atoms with E-state index in [1.807, 2.05) is 18.2 Å². The summed E-state index contributed by atoms with van der Waals surface area (Å²) in [6.45, 7) is 0. The van der Waals surface area contributed by atoms with Crippen molar-refractivity contribution in [3.05, 3.63) is 40.7 Å². The molecular formula is C11H10Br2N2O2. The van der Waals surface area contributed by atoms with Gasteiger partial charge in [-0.2, -0.15) is 0 Å². The second-order valence-electron chi connectivity index (χ2n) is 3.37. The van der Waals surface area contributed by atoms with Crippen molar-refractivity contribution in [2.75, 3.05) is 7.11 Å². The zero-order chi connectivity index (χ0) is 12.3. The van der Waals surface area contributed by atoms with Gasteiger partial charge < -0.3 is 9.15 Å². The van der Waals surface area contributed by atoms with Gasteiger partial charge >= 0.3 is 0 Å². The van der Waals surface area contributed by atoms with E-state index in [2.05, 4.69) is 41.8 Å². The van der Waals surface area contributed by atoms with E-state index in [9.17, 15) is 0 Å². The lowest BCUT2D eigenvalue weighted by atomic mass is 10.2. The lowest BCUT2D eigenvalue weighted by Crippen LogP contribution is -1.98. The van der Waals surface area contributed by atoms with Crippen molar-refractivity contribution in [3.63, 3.8) is 0 Å². The molecule has 0 bridgehead atoms. The van der Waals surface area contributed by atoms with Gasteiger partial charge in [0.1, 0.15) is 12.1 Å². The van der Waals surface area contributed by atoms with Crippen LogP contribution in [0, 0.1) is 0 Å². The van der Waals surface area contributed by atoms with Gasteiger partial charge in [0.25, 0.3) is 0 Å². The van der Waals surface area contributed by atoms with Gasteiger partial charge in [-0.3, -0.25) is 0 Å². The molecule has 17 heavy (non-hydrogen) atoms. The zero-order valence-electron chi connectivity index (χ0n) is 9.06. The van der Waals surface area contributed by atoms with Crippen LogP contribution < -0.4 is 4.74 Å². The number of furan rings is 1. The third kappa shape index (κ3) is 3.29. The lowest BCUT2D eigenvalue weighted by molar-refractivity contribution is 0.395. The van der Waals surface area contributed by atoms with Crippen molar-refractivity contribution in [1.82, 2.24) is 9.97 Å². The highest BCUT2D eigenvalue weighted by atomic mass is 79.9. The topological polar surface area (TPSA) is 48.2 Å². The van der Waals surface area contributed by atoms with Gasteiger partial charge in [-0.1, -0.05) is 15.9 Å². The summed E-state index contributed by atoms with van der Waals surface area (Å²) in [5.41, 5.74) is 0.895. The Morgan fingerprint density at radius 3 is 2.88 bits per heavy atom. The molecule has 2 aromatic rings. The Labute approximate surface area is 116 Å². The number of hydrogen-bond acceptors (Lipinski definition) is 4. The van der Waals surface area contributed by atoms with Crippen LogP contribution in [0.25, 0.3) is 0 Å². The highest BCUT2D eigenvalue weighted by molar-refractivity contribution is 9.10. The summed E-state index contributed by atoms with van der Waals surface area (Å²) >= 11 is 6.84. The van der Waals surface area contributed by atoms with Crippen LogP contribution in [0.15, 0.2) is 33.6 Å². The molecule has 2 heterocycles. The number of aromatic nitrogens is 2. The third-order valence-corrected chi connectivity index (χ3v) is 3.40. The average Bonchev–Trinajstić information content (AvgIpc) is 2.76. The van der Waals surface area contributed by atoms with E-state index < -0.39 is 0 Å². The van der Waals surface area contributed by atoms with Gasteiger partial charge in [0, 0.05) is 18.2 Å². The molecule has 0 aliphatic carbocycles. The quantitative estimate of drug-likeness (QED) is 0.781. The molecule has 2 aromatic heterocycles. The van der Waals surface area contributed by atoms with Gasteiger partial charge in [0.2, 0.25) is 5.88 Å². The largest absolute Gasteiger partial charge is 0.481 e. The highest BCUT2D eigenvalue weighted by Gasteiger charge is 2.13. The Morgan fingerprint density at radius 1 is 1.41 bits per heavy atom. The molecule has 0 aliphatic rings. The third-order valence-electron chi connectivity index (χ3n) is 2.20. The van der Waals surface area contributed by atoms with Crippen LogP contribution >= 0.6 is 31.9 Å². The standard InChI is InChI=1S/C11H10Br2N2O2/c1-16-11-5-7(14-6-15-11)4-8(12)9-2-3-10(13)17-9/h2-3,5-6,8H,4H2,1H3. The predicted octanol–water partition coefficient (Wildman–Crippen LogP) is 3.52. The van der Waals surface area contributed by atoms with Crippen LogP contribution in [0.3, 0.4) is 0 Å². The van der Waals surface area contributed by atoms with Crippen LogP contribution in [0.2, 0.25) is 0 Å². The molecule has 0 saturated heterocycles. The summed E-state index contributed by atoms with van der Waals surface area (Å²) in [4.78, 5) is 8.22. The Balaban J connectivity index is 2.09. The average molecular weight is 362 g/mol. The molecule has 0 aromatic carbocycles. The summed E-state index contributed by atoms with van der Waals surface area (Å²) in [5.74, 6) is 1.42. The monoisotopic (exact) mass is 360 g/mol. The Hall–Kier alpha value is -0.880. The minimum atomic E-state index is 0.0772. The van der Waals surface area contributed by atoms with Crippen LogP contribution in [-0.2, 0) is 6.42 Å². The van der Waals surface area contributed by atoms with Crippen LogP contribution in [-0.4, -0.2) is 17.1 Å². The van der Waals surface area contributed by atoms with Crippen molar-refractivity contribution < 1.29 is 9.15 Å². The number of halogens is 2. The summed E-state index contributed by atoms with van der Waals surface area (Å²) in [5, 5.41) is 0. The molecular weight excluding hydrogens is 352 g/mol. The normalized spacial score (nSPS) is 12.4.